The standard InChI is InChI=1S/C21H29N5OSi/c1-28(2,3)15-24-21(27)16-7-8-18-19(12-16)26(17-9-11-25(18)13-17)14-23-20-6-4-5-10-22-20/h4-8,10,12,17H,9,11,13-15H2,1-3H3,(H,22,23)(H,24,27)/t17-/m0/s1. The van der Waals surface area contributed by atoms with E-state index < -0.39 is 8.07 Å². The lowest BCUT2D eigenvalue weighted by Crippen LogP contribution is -2.45. The number of pyridine rings is 1. The van der Waals surface area contributed by atoms with Crippen LogP contribution in [0, 0.1) is 0 Å². The molecule has 1 saturated heterocycles. The molecule has 2 bridgehead atoms. The number of hydrogen-bond acceptors (Lipinski definition) is 5. The summed E-state index contributed by atoms with van der Waals surface area (Å²) in [5.74, 6) is 0.893. The van der Waals surface area contributed by atoms with Gasteiger partial charge in [-0.25, -0.2) is 4.98 Å². The molecule has 0 unspecified atom stereocenters. The molecule has 2 aliphatic rings. The van der Waals surface area contributed by atoms with E-state index in [2.05, 4.69) is 57.2 Å². The number of rotatable bonds is 6. The summed E-state index contributed by atoms with van der Waals surface area (Å²) >= 11 is 0. The van der Waals surface area contributed by atoms with Gasteiger partial charge in [0, 0.05) is 37.1 Å². The summed E-state index contributed by atoms with van der Waals surface area (Å²) in [6, 6.07) is 12.5. The van der Waals surface area contributed by atoms with E-state index in [0.717, 1.165) is 42.7 Å². The Hall–Kier alpha value is -2.54. The highest BCUT2D eigenvalue weighted by atomic mass is 28.3. The predicted octanol–water partition coefficient (Wildman–Crippen LogP) is 3.16. The number of carbonyl (C=O) groups is 1. The first-order valence-corrected chi connectivity index (χ1v) is 13.7. The third-order valence-corrected chi connectivity index (χ3v) is 6.60. The van der Waals surface area contributed by atoms with Gasteiger partial charge >= 0.3 is 0 Å². The first kappa shape index (κ1) is 18.8. The van der Waals surface area contributed by atoms with E-state index in [0.29, 0.717) is 12.7 Å². The summed E-state index contributed by atoms with van der Waals surface area (Å²) in [6.45, 7) is 9.57. The van der Waals surface area contributed by atoms with Gasteiger partial charge in [-0.1, -0.05) is 25.7 Å². The lowest BCUT2D eigenvalue weighted by atomic mass is 10.1. The Morgan fingerprint density at radius 1 is 1.21 bits per heavy atom. The molecule has 0 radical (unpaired) electrons. The molecule has 6 nitrogen and oxygen atoms in total. The lowest BCUT2D eigenvalue weighted by molar-refractivity contribution is 0.0959. The number of amides is 1. The SMILES string of the molecule is C[Si](C)(C)CNC(=O)c1ccc2c(c1)N(CNc1ccccn1)[C@H]1CCN2C1. The van der Waals surface area contributed by atoms with Crippen molar-refractivity contribution in [2.24, 2.45) is 0 Å². The van der Waals surface area contributed by atoms with Crippen LogP contribution in [-0.4, -0.2) is 50.9 Å². The van der Waals surface area contributed by atoms with Crippen LogP contribution in [0.4, 0.5) is 17.2 Å². The van der Waals surface area contributed by atoms with E-state index in [4.69, 9.17) is 0 Å². The molecule has 0 saturated carbocycles. The van der Waals surface area contributed by atoms with Crippen molar-refractivity contribution >= 4 is 31.2 Å². The van der Waals surface area contributed by atoms with Crippen LogP contribution in [0.15, 0.2) is 42.6 Å². The van der Waals surface area contributed by atoms with Gasteiger partial charge in [-0.15, -0.1) is 0 Å². The van der Waals surface area contributed by atoms with Crippen LogP contribution >= 0.6 is 0 Å². The molecule has 2 N–H and O–H groups in total. The Morgan fingerprint density at radius 2 is 2.07 bits per heavy atom. The molecular formula is C21H29N5OSi. The minimum absolute atomic E-state index is 0.0239. The number of aromatic nitrogens is 1. The molecule has 1 aromatic heterocycles. The number of nitrogens with one attached hydrogen (secondary N) is 2. The van der Waals surface area contributed by atoms with Gasteiger partial charge in [0.2, 0.25) is 0 Å². The Kier molecular flexibility index (Phi) is 5.01. The normalized spacial score (nSPS) is 18.0. The summed E-state index contributed by atoms with van der Waals surface area (Å²) in [4.78, 5) is 21.9. The van der Waals surface area contributed by atoms with Crippen molar-refractivity contribution in [3.05, 3.63) is 48.2 Å². The molecule has 2 aromatic rings. The molecule has 0 aliphatic carbocycles. The zero-order chi connectivity index (χ0) is 19.7. The van der Waals surface area contributed by atoms with E-state index in [9.17, 15) is 4.79 Å². The minimum Gasteiger partial charge on any atom is -0.368 e. The number of carbonyl (C=O) groups excluding carboxylic acids is 1. The number of nitrogens with zero attached hydrogens (tertiary/aromatic N) is 3. The maximum atomic E-state index is 12.7. The molecule has 1 atom stereocenters. The first-order chi connectivity index (χ1) is 13.4. The monoisotopic (exact) mass is 395 g/mol. The van der Waals surface area contributed by atoms with E-state index in [1.54, 1.807) is 6.20 Å². The van der Waals surface area contributed by atoms with Gasteiger partial charge in [-0.05, 0) is 36.8 Å². The Balaban J connectivity index is 1.56. The summed E-state index contributed by atoms with van der Waals surface area (Å²) < 4.78 is 0. The molecule has 1 aromatic carbocycles. The smallest absolute Gasteiger partial charge is 0.251 e. The van der Waals surface area contributed by atoms with Gasteiger partial charge in [0.1, 0.15) is 5.82 Å². The quantitative estimate of drug-likeness (QED) is 0.736. The number of benzene rings is 1. The van der Waals surface area contributed by atoms with Gasteiger partial charge in [0.15, 0.2) is 0 Å². The summed E-state index contributed by atoms with van der Waals surface area (Å²) in [5.41, 5.74) is 3.10. The molecule has 2 aliphatic heterocycles. The molecule has 1 fully saturated rings. The van der Waals surface area contributed by atoms with E-state index in [1.807, 2.05) is 24.3 Å². The van der Waals surface area contributed by atoms with Gasteiger partial charge in [0.25, 0.3) is 5.91 Å². The van der Waals surface area contributed by atoms with Gasteiger partial charge in [0.05, 0.1) is 26.1 Å². The molecule has 28 heavy (non-hydrogen) atoms. The topological polar surface area (TPSA) is 60.5 Å². The Labute approximate surface area is 168 Å². The van der Waals surface area contributed by atoms with Crippen molar-refractivity contribution in [2.75, 3.05) is 41.0 Å². The number of hydrogen-bond donors (Lipinski definition) is 2. The van der Waals surface area contributed by atoms with Crippen molar-refractivity contribution in [3.63, 3.8) is 0 Å². The van der Waals surface area contributed by atoms with Crippen molar-refractivity contribution in [1.29, 1.82) is 0 Å². The van der Waals surface area contributed by atoms with Crippen LogP contribution in [0.3, 0.4) is 0 Å². The second-order valence-corrected chi connectivity index (χ2v) is 14.3. The average molecular weight is 396 g/mol. The lowest BCUT2D eigenvalue weighted by Gasteiger charge is -2.38. The maximum Gasteiger partial charge on any atom is 0.251 e. The van der Waals surface area contributed by atoms with E-state index >= 15 is 0 Å². The summed E-state index contributed by atoms with van der Waals surface area (Å²) in [5, 5.41) is 6.55. The van der Waals surface area contributed by atoms with Crippen molar-refractivity contribution in [3.8, 4) is 0 Å². The highest BCUT2D eigenvalue weighted by Crippen LogP contribution is 2.40. The third-order valence-electron chi connectivity index (χ3n) is 5.37. The van der Waals surface area contributed by atoms with E-state index in [1.165, 1.54) is 5.69 Å². The zero-order valence-electron chi connectivity index (χ0n) is 16.9. The highest BCUT2D eigenvalue weighted by molar-refractivity contribution is 6.76. The maximum absolute atomic E-state index is 12.7. The predicted molar refractivity (Wildman–Crippen MR) is 118 cm³/mol. The van der Waals surface area contributed by atoms with E-state index in [-0.39, 0.29) is 5.91 Å². The average Bonchev–Trinajstić information content (AvgIpc) is 3.11. The summed E-state index contributed by atoms with van der Waals surface area (Å²) in [7, 11) is -1.32. The molecule has 148 valence electrons. The number of anilines is 3. The Morgan fingerprint density at radius 3 is 2.82 bits per heavy atom. The van der Waals surface area contributed by atoms with Crippen LogP contribution < -0.4 is 20.4 Å². The minimum atomic E-state index is -1.32. The largest absolute Gasteiger partial charge is 0.368 e. The van der Waals surface area contributed by atoms with Crippen molar-refractivity contribution < 1.29 is 4.79 Å². The fourth-order valence-corrected chi connectivity index (χ4v) is 4.56. The molecule has 4 rings (SSSR count). The molecule has 1 amide bonds. The zero-order valence-corrected chi connectivity index (χ0v) is 17.9. The van der Waals surface area contributed by atoms with Crippen LogP contribution in [-0.2, 0) is 0 Å². The second-order valence-electron chi connectivity index (χ2n) is 8.86. The van der Waals surface area contributed by atoms with Gasteiger partial charge in [-0.2, -0.15) is 0 Å². The molecule has 7 heteroatoms. The van der Waals surface area contributed by atoms with Crippen molar-refractivity contribution in [1.82, 2.24) is 10.3 Å². The van der Waals surface area contributed by atoms with Crippen LogP contribution in [0.25, 0.3) is 0 Å². The fourth-order valence-electron chi connectivity index (χ4n) is 3.87. The summed E-state index contributed by atoms with van der Waals surface area (Å²) in [6.07, 6.45) is 3.73. The van der Waals surface area contributed by atoms with Crippen LogP contribution in [0.2, 0.25) is 19.6 Å². The third kappa shape index (κ3) is 3.99. The Bertz CT molecular complexity index is 852. The van der Waals surface area contributed by atoms with Gasteiger partial charge in [-0.3, -0.25) is 4.79 Å². The van der Waals surface area contributed by atoms with Gasteiger partial charge < -0.3 is 20.4 Å². The molecule has 3 heterocycles. The number of fused-ring (bicyclic) bond motifs is 4. The van der Waals surface area contributed by atoms with Crippen molar-refractivity contribution in [2.45, 2.75) is 32.1 Å². The second kappa shape index (κ2) is 7.47. The molecule has 0 spiro atoms. The molecular weight excluding hydrogens is 366 g/mol. The fraction of sp³-hybridized carbons (Fsp3) is 0.429. The highest BCUT2D eigenvalue weighted by Gasteiger charge is 2.36. The van der Waals surface area contributed by atoms with Crippen LogP contribution in [0.5, 0.6) is 0 Å². The van der Waals surface area contributed by atoms with Crippen LogP contribution in [0.1, 0.15) is 16.8 Å². The first-order valence-electron chi connectivity index (χ1n) is 9.99.